The molecule has 0 spiro atoms. The van der Waals surface area contributed by atoms with Crippen molar-refractivity contribution in [2.75, 3.05) is 13.7 Å². The third-order valence-corrected chi connectivity index (χ3v) is 5.15. The molecule has 1 aromatic heterocycles. The van der Waals surface area contributed by atoms with Gasteiger partial charge < -0.3 is 14.6 Å². The topological polar surface area (TPSA) is 55.8 Å². The molecule has 0 amide bonds. The van der Waals surface area contributed by atoms with Crippen molar-refractivity contribution in [2.45, 2.75) is 12.8 Å². The van der Waals surface area contributed by atoms with Crippen molar-refractivity contribution in [2.24, 2.45) is 0 Å². The number of hydrogen-bond acceptors (Lipinski definition) is 4. The average Bonchev–Trinajstić information content (AvgIpc) is 3.24. The van der Waals surface area contributed by atoms with Gasteiger partial charge in [0.15, 0.2) is 11.5 Å². The molecule has 0 aliphatic rings. The average molecular weight is 394 g/mol. The summed E-state index contributed by atoms with van der Waals surface area (Å²) >= 11 is 1.39. The highest BCUT2D eigenvalue weighted by Gasteiger charge is 2.15. The van der Waals surface area contributed by atoms with E-state index in [9.17, 15) is 9.90 Å². The van der Waals surface area contributed by atoms with Crippen LogP contribution in [0, 0.1) is 0 Å². The van der Waals surface area contributed by atoms with Crippen molar-refractivity contribution in [3.05, 3.63) is 82.0 Å². The molecule has 0 unspecified atom stereocenters. The van der Waals surface area contributed by atoms with E-state index in [1.165, 1.54) is 16.9 Å². The van der Waals surface area contributed by atoms with E-state index >= 15 is 0 Å². The first-order valence-corrected chi connectivity index (χ1v) is 9.89. The number of rotatable bonds is 9. The summed E-state index contributed by atoms with van der Waals surface area (Å²) in [4.78, 5) is 12.5. The molecule has 3 aromatic rings. The van der Waals surface area contributed by atoms with Crippen molar-refractivity contribution < 1.29 is 19.4 Å². The summed E-state index contributed by atoms with van der Waals surface area (Å²) in [6, 6.07) is 19.4. The van der Waals surface area contributed by atoms with Gasteiger partial charge in [-0.3, -0.25) is 0 Å². The van der Waals surface area contributed by atoms with Gasteiger partial charge in [0.2, 0.25) is 0 Å². The molecule has 0 fully saturated rings. The third-order valence-electron chi connectivity index (χ3n) is 4.25. The maximum atomic E-state index is 11.8. The van der Waals surface area contributed by atoms with Crippen molar-refractivity contribution in [3.8, 4) is 11.5 Å². The number of carboxylic acids is 1. The van der Waals surface area contributed by atoms with Crippen LogP contribution in [0.15, 0.2) is 66.0 Å². The largest absolute Gasteiger partial charge is 0.493 e. The summed E-state index contributed by atoms with van der Waals surface area (Å²) in [5.74, 6) is 0.179. The first kappa shape index (κ1) is 19.7. The molecule has 0 aliphatic carbocycles. The Morgan fingerprint density at radius 1 is 1.07 bits per heavy atom. The Labute approximate surface area is 168 Å². The van der Waals surface area contributed by atoms with Crippen LogP contribution >= 0.6 is 11.3 Å². The Kier molecular flexibility index (Phi) is 6.87. The van der Waals surface area contributed by atoms with Crippen LogP contribution in [0.3, 0.4) is 0 Å². The Hall–Kier alpha value is -3.05. The molecule has 1 heterocycles. The quantitative estimate of drug-likeness (QED) is 0.390. The minimum absolute atomic E-state index is 0.234. The predicted octanol–water partition coefficient (Wildman–Crippen LogP) is 5.39. The fourth-order valence-electron chi connectivity index (χ4n) is 2.88. The molecule has 3 rings (SSSR count). The van der Waals surface area contributed by atoms with Gasteiger partial charge in [0.25, 0.3) is 0 Å². The Morgan fingerprint density at radius 3 is 2.57 bits per heavy atom. The normalized spacial score (nSPS) is 11.2. The molecule has 0 saturated heterocycles. The van der Waals surface area contributed by atoms with Crippen molar-refractivity contribution in [1.82, 2.24) is 0 Å². The standard InChI is InChI=1S/C23H22O4S/c1-26-20-12-5-11-18(16-19(23(24)25)21-13-7-15-28-21)22(20)27-14-6-10-17-8-3-2-4-9-17/h2-5,7-9,11-13,15-16H,6,10,14H2,1H3,(H,24,25)/b19-16-. The van der Waals surface area contributed by atoms with Gasteiger partial charge in [-0.1, -0.05) is 48.5 Å². The van der Waals surface area contributed by atoms with Crippen LogP contribution in [0.4, 0.5) is 0 Å². The van der Waals surface area contributed by atoms with Crippen LogP contribution < -0.4 is 9.47 Å². The second kappa shape index (κ2) is 9.76. The second-order valence-electron chi connectivity index (χ2n) is 6.16. The number of aryl methyl sites for hydroxylation is 1. The minimum Gasteiger partial charge on any atom is -0.493 e. The van der Waals surface area contributed by atoms with E-state index in [0.29, 0.717) is 28.5 Å². The number of methoxy groups -OCH3 is 1. The summed E-state index contributed by atoms with van der Waals surface area (Å²) in [5.41, 5.74) is 2.18. The predicted molar refractivity (Wildman–Crippen MR) is 113 cm³/mol. The van der Waals surface area contributed by atoms with Gasteiger partial charge in [0, 0.05) is 10.4 Å². The highest BCUT2D eigenvalue weighted by molar-refractivity contribution is 7.11. The van der Waals surface area contributed by atoms with Gasteiger partial charge in [-0.25, -0.2) is 4.79 Å². The molecule has 0 atom stereocenters. The van der Waals surface area contributed by atoms with E-state index < -0.39 is 5.97 Å². The lowest BCUT2D eigenvalue weighted by Gasteiger charge is -2.14. The van der Waals surface area contributed by atoms with E-state index in [1.807, 2.05) is 47.8 Å². The SMILES string of the molecule is COc1cccc(/C=C(\C(=O)O)c2cccs2)c1OCCCc1ccccc1. The zero-order chi connectivity index (χ0) is 19.8. The molecule has 5 heteroatoms. The van der Waals surface area contributed by atoms with Crippen molar-refractivity contribution in [3.63, 3.8) is 0 Å². The van der Waals surface area contributed by atoms with Crippen LogP contribution in [-0.2, 0) is 11.2 Å². The molecule has 4 nitrogen and oxygen atoms in total. The molecule has 0 saturated carbocycles. The van der Waals surface area contributed by atoms with E-state index in [0.717, 1.165) is 12.8 Å². The molecule has 0 radical (unpaired) electrons. The minimum atomic E-state index is -0.972. The number of carboxylic acid groups (broad SMARTS) is 1. The fourth-order valence-corrected chi connectivity index (χ4v) is 3.62. The zero-order valence-corrected chi connectivity index (χ0v) is 16.4. The Bertz CT molecular complexity index is 931. The van der Waals surface area contributed by atoms with E-state index in [-0.39, 0.29) is 5.57 Å². The van der Waals surface area contributed by atoms with Gasteiger partial charge in [0.05, 0.1) is 19.3 Å². The lowest BCUT2D eigenvalue weighted by Crippen LogP contribution is -2.03. The van der Waals surface area contributed by atoms with Crippen LogP contribution in [-0.4, -0.2) is 24.8 Å². The van der Waals surface area contributed by atoms with Gasteiger partial charge >= 0.3 is 5.97 Å². The number of hydrogen-bond donors (Lipinski definition) is 1. The lowest BCUT2D eigenvalue weighted by molar-refractivity contribution is -0.130. The van der Waals surface area contributed by atoms with Gasteiger partial charge in [-0.15, -0.1) is 11.3 Å². The molecular formula is C23H22O4S. The summed E-state index contributed by atoms with van der Waals surface area (Å²) in [6.07, 6.45) is 3.40. The second-order valence-corrected chi connectivity index (χ2v) is 7.10. The van der Waals surface area contributed by atoms with Gasteiger partial charge in [-0.05, 0) is 42.0 Å². The number of ether oxygens (including phenoxy) is 2. The Morgan fingerprint density at radius 2 is 1.89 bits per heavy atom. The van der Waals surface area contributed by atoms with Crippen molar-refractivity contribution in [1.29, 1.82) is 0 Å². The molecule has 28 heavy (non-hydrogen) atoms. The number of para-hydroxylation sites is 1. The molecule has 1 N–H and O–H groups in total. The molecule has 0 aliphatic heterocycles. The summed E-state index contributed by atoms with van der Waals surface area (Å²) in [6.45, 7) is 0.511. The zero-order valence-electron chi connectivity index (χ0n) is 15.6. The van der Waals surface area contributed by atoms with E-state index in [1.54, 1.807) is 19.3 Å². The highest BCUT2D eigenvalue weighted by atomic mass is 32.1. The van der Waals surface area contributed by atoms with Crippen LogP contribution in [0.2, 0.25) is 0 Å². The molecule has 2 aromatic carbocycles. The smallest absolute Gasteiger partial charge is 0.337 e. The fraction of sp³-hybridized carbons (Fsp3) is 0.174. The Balaban J connectivity index is 1.80. The van der Waals surface area contributed by atoms with Crippen molar-refractivity contribution >= 4 is 29.0 Å². The van der Waals surface area contributed by atoms with E-state index in [4.69, 9.17) is 9.47 Å². The monoisotopic (exact) mass is 394 g/mol. The van der Waals surface area contributed by atoms with Gasteiger partial charge in [0.1, 0.15) is 0 Å². The van der Waals surface area contributed by atoms with Crippen LogP contribution in [0.25, 0.3) is 11.6 Å². The summed E-state index contributed by atoms with van der Waals surface area (Å²) in [5, 5.41) is 11.5. The number of thiophene rings is 1. The molecule has 144 valence electrons. The first-order valence-electron chi connectivity index (χ1n) is 9.01. The third kappa shape index (κ3) is 5.02. The molecular weight excluding hydrogens is 372 g/mol. The number of carbonyl (C=O) groups is 1. The maximum absolute atomic E-state index is 11.8. The summed E-state index contributed by atoms with van der Waals surface area (Å²) in [7, 11) is 1.58. The number of aliphatic carboxylic acids is 1. The lowest BCUT2D eigenvalue weighted by atomic mass is 10.1. The van der Waals surface area contributed by atoms with Crippen LogP contribution in [0.1, 0.15) is 22.4 Å². The maximum Gasteiger partial charge on any atom is 0.337 e. The van der Waals surface area contributed by atoms with E-state index in [2.05, 4.69) is 12.1 Å². The summed E-state index contributed by atoms with van der Waals surface area (Å²) < 4.78 is 11.5. The first-order chi connectivity index (χ1) is 13.7. The molecule has 0 bridgehead atoms. The number of benzene rings is 2. The van der Waals surface area contributed by atoms with Gasteiger partial charge in [-0.2, -0.15) is 0 Å². The van der Waals surface area contributed by atoms with Crippen LogP contribution in [0.5, 0.6) is 11.5 Å². The highest BCUT2D eigenvalue weighted by Crippen LogP contribution is 2.34.